The Hall–Kier alpha value is -0.0300. The van der Waals surface area contributed by atoms with Crippen molar-refractivity contribution < 1.29 is 15.0 Å². The van der Waals surface area contributed by atoms with E-state index >= 15 is 0 Å². The summed E-state index contributed by atoms with van der Waals surface area (Å²) in [5, 5.41) is 17.1. The Labute approximate surface area is 68.2 Å². The molecule has 0 saturated carbocycles. The summed E-state index contributed by atoms with van der Waals surface area (Å²) in [6.45, 7) is 1.29. The van der Waals surface area contributed by atoms with Crippen molar-refractivity contribution in [2.45, 2.75) is 19.1 Å². The molecule has 4 nitrogen and oxygen atoms in total. The summed E-state index contributed by atoms with van der Waals surface area (Å²) in [4.78, 5) is 10.2. The standard InChI is InChI=1S/C4H7Cl2NO3/c1-2(8)3(4(9)10)7(5)6/h2-3,8H,1H3,(H,9,10)/t2-,3+/m1/s1. The lowest BCUT2D eigenvalue weighted by Gasteiger charge is -2.16. The average Bonchev–Trinajstić information content (AvgIpc) is 1.59. The van der Waals surface area contributed by atoms with E-state index in [-0.39, 0.29) is 0 Å². The lowest BCUT2D eigenvalue weighted by atomic mass is 10.2. The zero-order valence-corrected chi connectivity index (χ0v) is 6.67. The number of carboxylic acids is 1. The largest absolute Gasteiger partial charge is 0.480 e. The summed E-state index contributed by atoms with van der Waals surface area (Å²) in [5.74, 6) is -1.26. The van der Waals surface area contributed by atoms with Crippen molar-refractivity contribution in [3.63, 3.8) is 0 Å². The molecule has 0 aliphatic carbocycles. The lowest BCUT2D eigenvalue weighted by molar-refractivity contribution is -0.143. The van der Waals surface area contributed by atoms with E-state index in [1.54, 1.807) is 0 Å². The van der Waals surface area contributed by atoms with Gasteiger partial charge in [-0.25, -0.2) is 0 Å². The molecule has 0 bridgehead atoms. The highest BCUT2D eigenvalue weighted by Crippen LogP contribution is 2.10. The second kappa shape index (κ2) is 3.98. The van der Waals surface area contributed by atoms with Crippen LogP contribution in [0.25, 0.3) is 0 Å². The van der Waals surface area contributed by atoms with E-state index in [1.807, 2.05) is 0 Å². The van der Waals surface area contributed by atoms with Gasteiger partial charge in [0.15, 0.2) is 6.04 Å². The van der Waals surface area contributed by atoms with Crippen LogP contribution in [0, 0.1) is 0 Å². The van der Waals surface area contributed by atoms with Gasteiger partial charge in [-0.3, -0.25) is 4.79 Å². The van der Waals surface area contributed by atoms with Crippen LogP contribution in [0.1, 0.15) is 6.92 Å². The van der Waals surface area contributed by atoms with Gasteiger partial charge in [0, 0.05) is 0 Å². The maximum Gasteiger partial charge on any atom is 0.326 e. The molecule has 0 spiro atoms. The zero-order valence-electron chi connectivity index (χ0n) is 5.16. The van der Waals surface area contributed by atoms with Crippen molar-refractivity contribution in [3.05, 3.63) is 0 Å². The molecule has 10 heavy (non-hydrogen) atoms. The number of rotatable bonds is 3. The molecule has 0 fully saturated rings. The second-order valence-corrected chi connectivity index (χ2v) is 2.68. The Balaban J connectivity index is 4.12. The third-order valence-electron chi connectivity index (χ3n) is 0.920. The number of aliphatic hydroxyl groups excluding tert-OH is 1. The third kappa shape index (κ3) is 2.70. The van der Waals surface area contributed by atoms with Gasteiger partial charge >= 0.3 is 5.97 Å². The highest BCUT2D eigenvalue weighted by molar-refractivity contribution is 6.35. The van der Waals surface area contributed by atoms with Crippen LogP contribution in [-0.4, -0.2) is 32.3 Å². The molecule has 0 aromatic rings. The van der Waals surface area contributed by atoms with E-state index in [0.29, 0.717) is 3.94 Å². The molecule has 0 aromatic carbocycles. The molecule has 0 rings (SSSR count). The van der Waals surface area contributed by atoms with Crippen LogP contribution in [0.5, 0.6) is 0 Å². The monoisotopic (exact) mass is 187 g/mol. The van der Waals surface area contributed by atoms with Gasteiger partial charge in [-0.1, -0.05) is 0 Å². The van der Waals surface area contributed by atoms with Crippen LogP contribution < -0.4 is 0 Å². The fourth-order valence-corrected chi connectivity index (χ4v) is 0.946. The first-order chi connectivity index (χ1) is 4.46. The average molecular weight is 188 g/mol. The molecular formula is C4H7Cl2NO3. The Morgan fingerprint density at radius 1 is 1.60 bits per heavy atom. The minimum Gasteiger partial charge on any atom is -0.480 e. The van der Waals surface area contributed by atoms with Crippen molar-refractivity contribution in [1.29, 1.82) is 0 Å². The molecule has 0 radical (unpaired) electrons. The first kappa shape index (κ1) is 9.97. The number of aliphatic carboxylic acids is 1. The highest BCUT2D eigenvalue weighted by atomic mass is 35.5. The van der Waals surface area contributed by atoms with Crippen LogP contribution in [0.4, 0.5) is 0 Å². The lowest BCUT2D eigenvalue weighted by Crippen LogP contribution is -2.38. The molecule has 0 heterocycles. The van der Waals surface area contributed by atoms with Crippen LogP contribution in [0.15, 0.2) is 0 Å². The quantitative estimate of drug-likeness (QED) is 0.630. The summed E-state index contributed by atoms with van der Waals surface area (Å²) in [6, 6.07) is -1.27. The summed E-state index contributed by atoms with van der Waals surface area (Å²) >= 11 is 10.2. The van der Waals surface area contributed by atoms with E-state index in [1.165, 1.54) is 6.92 Å². The van der Waals surface area contributed by atoms with Crippen LogP contribution >= 0.6 is 23.6 Å². The van der Waals surface area contributed by atoms with Gasteiger partial charge in [0.05, 0.1) is 6.10 Å². The van der Waals surface area contributed by atoms with Crippen molar-refractivity contribution in [3.8, 4) is 0 Å². The van der Waals surface area contributed by atoms with Gasteiger partial charge < -0.3 is 10.2 Å². The highest BCUT2D eigenvalue weighted by Gasteiger charge is 2.28. The molecule has 0 saturated heterocycles. The summed E-state index contributed by atoms with van der Waals surface area (Å²) in [5.41, 5.74) is 0. The molecule has 0 aliphatic rings. The minimum atomic E-state index is -1.27. The summed E-state index contributed by atoms with van der Waals surface area (Å²) < 4.78 is 0.410. The topological polar surface area (TPSA) is 60.8 Å². The van der Waals surface area contributed by atoms with Gasteiger partial charge in [-0.15, -0.1) is 3.94 Å². The zero-order chi connectivity index (χ0) is 8.31. The maximum absolute atomic E-state index is 10.2. The van der Waals surface area contributed by atoms with Gasteiger partial charge in [0.25, 0.3) is 0 Å². The molecule has 60 valence electrons. The summed E-state index contributed by atoms with van der Waals surface area (Å²) in [6.07, 6.45) is -1.10. The minimum absolute atomic E-state index is 0.410. The molecule has 0 unspecified atom stereocenters. The van der Waals surface area contributed by atoms with Crippen molar-refractivity contribution >= 4 is 29.5 Å². The number of carboxylic acid groups (broad SMARTS) is 1. The van der Waals surface area contributed by atoms with Crippen molar-refractivity contribution in [2.24, 2.45) is 0 Å². The number of hydrogen-bond acceptors (Lipinski definition) is 3. The Morgan fingerprint density at radius 3 is 2.00 bits per heavy atom. The van der Waals surface area contributed by atoms with Crippen LogP contribution in [0.2, 0.25) is 0 Å². The number of carbonyl (C=O) groups is 1. The normalized spacial score (nSPS) is 16.9. The molecule has 2 N–H and O–H groups in total. The Kier molecular flexibility index (Phi) is 3.96. The smallest absolute Gasteiger partial charge is 0.326 e. The first-order valence-corrected chi connectivity index (χ1v) is 3.16. The van der Waals surface area contributed by atoms with Gasteiger partial charge in [0.1, 0.15) is 0 Å². The van der Waals surface area contributed by atoms with E-state index < -0.39 is 18.1 Å². The van der Waals surface area contributed by atoms with E-state index in [9.17, 15) is 4.79 Å². The number of hydrogen-bond donors (Lipinski definition) is 2. The Bertz CT molecular complexity index is 120. The number of aliphatic hydroxyl groups is 1. The fourth-order valence-electron chi connectivity index (χ4n) is 0.453. The summed E-state index contributed by atoms with van der Waals surface area (Å²) in [7, 11) is 0. The Morgan fingerprint density at radius 2 is 2.00 bits per heavy atom. The fraction of sp³-hybridized carbons (Fsp3) is 0.750. The maximum atomic E-state index is 10.2. The van der Waals surface area contributed by atoms with Gasteiger partial charge in [-0.05, 0) is 30.5 Å². The number of nitrogens with zero attached hydrogens (tertiary/aromatic N) is 1. The van der Waals surface area contributed by atoms with E-state index in [0.717, 1.165) is 0 Å². The number of halogens is 2. The molecule has 0 aliphatic heterocycles. The molecule has 2 atom stereocenters. The van der Waals surface area contributed by atoms with Gasteiger partial charge in [0.2, 0.25) is 0 Å². The van der Waals surface area contributed by atoms with Crippen molar-refractivity contribution in [1.82, 2.24) is 3.94 Å². The predicted octanol–water partition coefficient (Wildman–Crippen LogP) is 0.430. The molecular weight excluding hydrogens is 181 g/mol. The van der Waals surface area contributed by atoms with E-state index in [4.69, 9.17) is 33.8 Å². The van der Waals surface area contributed by atoms with Crippen LogP contribution in [0.3, 0.4) is 0 Å². The first-order valence-electron chi connectivity index (χ1n) is 2.48. The SMILES string of the molecule is C[C@@H](O)[C@@H](C(=O)O)N(Cl)Cl. The van der Waals surface area contributed by atoms with Crippen molar-refractivity contribution in [2.75, 3.05) is 0 Å². The third-order valence-corrected chi connectivity index (χ3v) is 1.34. The van der Waals surface area contributed by atoms with Gasteiger partial charge in [-0.2, -0.15) is 0 Å². The van der Waals surface area contributed by atoms with E-state index in [2.05, 4.69) is 0 Å². The molecule has 6 heteroatoms. The predicted molar refractivity (Wildman–Crippen MR) is 36.6 cm³/mol. The molecule has 0 aromatic heterocycles. The molecule has 0 amide bonds. The second-order valence-electron chi connectivity index (χ2n) is 1.78. The van der Waals surface area contributed by atoms with Crippen LogP contribution in [-0.2, 0) is 4.79 Å².